The molecule has 2 aliphatic carbocycles. The van der Waals surface area contributed by atoms with Crippen molar-refractivity contribution in [3.8, 4) is 18.2 Å². The number of hydrogen-bond acceptors (Lipinski definition) is 5. The number of allylic oxidation sites excluding steroid dienone is 4. The second kappa shape index (κ2) is 8.15. The number of hydrogen-bond donors (Lipinski definition) is 1. The molecule has 1 heterocycles. The fourth-order valence-electron chi connectivity index (χ4n) is 6.33. The van der Waals surface area contributed by atoms with Crippen molar-refractivity contribution in [1.82, 2.24) is 0 Å². The lowest BCUT2D eigenvalue weighted by Gasteiger charge is -2.50. The Bertz CT molecular complexity index is 1390. The quantitative estimate of drug-likeness (QED) is 0.735. The van der Waals surface area contributed by atoms with E-state index in [2.05, 4.69) is 25.1 Å². The first kappa shape index (κ1) is 22.5. The van der Waals surface area contributed by atoms with Crippen molar-refractivity contribution >= 4 is 11.6 Å². The SMILES string of the molecule is C[C@H]1CC=C2C(C#N)=C(N)C(C#N)(C#N)[C@@]3(C(=O)N(CCc4ccccc4)c4ccccc43)[C@H]2C1. The van der Waals surface area contributed by atoms with Crippen LogP contribution in [-0.2, 0) is 16.6 Å². The molecule has 0 fully saturated rings. The minimum absolute atomic E-state index is 0.116. The van der Waals surface area contributed by atoms with Crippen LogP contribution in [0, 0.1) is 51.2 Å². The first-order valence-electron chi connectivity index (χ1n) is 11.8. The van der Waals surface area contributed by atoms with Crippen LogP contribution in [0.3, 0.4) is 0 Å². The fraction of sp³-hybridized carbons (Fsp3) is 0.310. The van der Waals surface area contributed by atoms with Crippen molar-refractivity contribution in [2.24, 2.45) is 23.0 Å². The van der Waals surface area contributed by atoms with Gasteiger partial charge in [0.2, 0.25) is 11.3 Å². The van der Waals surface area contributed by atoms with Crippen LogP contribution in [0.1, 0.15) is 30.9 Å². The average molecular weight is 460 g/mol. The van der Waals surface area contributed by atoms with E-state index in [9.17, 15) is 20.6 Å². The maximum atomic E-state index is 14.6. The van der Waals surface area contributed by atoms with E-state index in [0.717, 1.165) is 12.0 Å². The molecule has 0 radical (unpaired) electrons. The number of carbonyl (C=O) groups is 1. The van der Waals surface area contributed by atoms with Gasteiger partial charge in [-0.3, -0.25) is 4.79 Å². The Kier molecular flexibility index (Phi) is 5.23. The third kappa shape index (κ3) is 2.82. The molecule has 1 aliphatic heterocycles. The van der Waals surface area contributed by atoms with E-state index >= 15 is 0 Å². The van der Waals surface area contributed by atoms with Crippen LogP contribution >= 0.6 is 0 Å². The second-order valence-corrected chi connectivity index (χ2v) is 9.68. The lowest BCUT2D eigenvalue weighted by Crippen LogP contribution is -2.61. The van der Waals surface area contributed by atoms with Gasteiger partial charge in [-0.15, -0.1) is 0 Å². The van der Waals surface area contributed by atoms with Gasteiger partial charge in [0.15, 0.2) is 0 Å². The third-order valence-corrected chi connectivity index (χ3v) is 7.95. The van der Waals surface area contributed by atoms with Crippen molar-refractivity contribution in [3.63, 3.8) is 0 Å². The Hall–Kier alpha value is -4.34. The molecule has 0 bridgehead atoms. The van der Waals surface area contributed by atoms with Crippen molar-refractivity contribution in [3.05, 3.63) is 88.6 Å². The van der Waals surface area contributed by atoms with Crippen LogP contribution in [0.4, 0.5) is 5.69 Å². The zero-order chi connectivity index (χ0) is 24.8. The van der Waals surface area contributed by atoms with E-state index in [1.54, 1.807) is 4.90 Å². The summed E-state index contributed by atoms with van der Waals surface area (Å²) < 4.78 is 0. The van der Waals surface area contributed by atoms with Gasteiger partial charge in [-0.1, -0.05) is 61.5 Å². The molecule has 3 aliphatic rings. The standard InChI is InChI=1S/C29H25N5O/c1-19-11-12-21-22(16-30)26(33)28(17-31,18-32)29(24(21)15-19)23-9-5-6-10-25(23)34(27(29)35)14-13-20-7-3-2-4-8-20/h2-10,12,19,24H,11,13-15,33H2,1H3/t19-,24-,29+/m0/s1. The summed E-state index contributed by atoms with van der Waals surface area (Å²) >= 11 is 0. The highest BCUT2D eigenvalue weighted by molar-refractivity contribution is 6.11. The van der Waals surface area contributed by atoms with Gasteiger partial charge in [-0.25, -0.2) is 0 Å². The molecule has 2 aromatic rings. The van der Waals surface area contributed by atoms with Gasteiger partial charge >= 0.3 is 0 Å². The lowest BCUT2D eigenvalue weighted by atomic mass is 9.47. The second-order valence-electron chi connectivity index (χ2n) is 9.68. The van der Waals surface area contributed by atoms with E-state index in [1.807, 2.05) is 60.7 Å². The molecule has 2 aromatic carbocycles. The molecule has 5 rings (SSSR count). The number of amides is 1. The van der Waals surface area contributed by atoms with Crippen molar-refractivity contribution in [2.45, 2.75) is 31.6 Å². The number of benzene rings is 2. The van der Waals surface area contributed by atoms with Crippen LogP contribution in [-0.4, -0.2) is 12.5 Å². The zero-order valence-corrected chi connectivity index (χ0v) is 19.5. The Labute approximate surface area is 205 Å². The van der Waals surface area contributed by atoms with Gasteiger partial charge in [0, 0.05) is 18.2 Å². The summed E-state index contributed by atoms with van der Waals surface area (Å²) in [5, 5.41) is 31.1. The average Bonchev–Trinajstić information content (AvgIpc) is 3.14. The first-order chi connectivity index (χ1) is 17.0. The van der Waals surface area contributed by atoms with Crippen molar-refractivity contribution in [1.29, 1.82) is 15.8 Å². The molecular weight excluding hydrogens is 434 g/mol. The molecule has 3 atom stereocenters. The summed E-state index contributed by atoms with van der Waals surface area (Å²) in [4.78, 5) is 16.3. The highest BCUT2D eigenvalue weighted by atomic mass is 16.2. The molecule has 1 spiro atoms. The Morgan fingerprint density at radius 3 is 2.43 bits per heavy atom. The summed E-state index contributed by atoms with van der Waals surface area (Å²) in [5.41, 5.74) is 6.19. The van der Waals surface area contributed by atoms with Crippen LogP contribution in [0.2, 0.25) is 0 Å². The number of para-hydroxylation sites is 1. The Morgan fingerprint density at radius 2 is 1.74 bits per heavy atom. The van der Waals surface area contributed by atoms with Gasteiger partial charge in [-0.2, -0.15) is 15.8 Å². The third-order valence-electron chi connectivity index (χ3n) is 7.95. The fourth-order valence-corrected chi connectivity index (χ4v) is 6.33. The van der Waals surface area contributed by atoms with Gasteiger partial charge in [-0.05, 0) is 47.9 Å². The molecule has 0 aromatic heterocycles. The highest BCUT2D eigenvalue weighted by Gasteiger charge is 2.72. The number of carbonyl (C=O) groups excluding carboxylic acids is 1. The highest BCUT2D eigenvalue weighted by Crippen LogP contribution is 2.64. The molecule has 35 heavy (non-hydrogen) atoms. The summed E-state index contributed by atoms with van der Waals surface area (Å²) in [6, 6.07) is 23.8. The van der Waals surface area contributed by atoms with Crippen LogP contribution in [0.5, 0.6) is 0 Å². The summed E-state index contributed by atoms with van der Waals surface area (Å²) in [7, 11) is 0. The van der Waals surface area contributed by atoms with Crippen molar-refractivity contribution < 1.29 is 4.79 Å². The predicted molar refractivity (Wildman–Crippen MR) is 131 cm³/mol. The van der Waals surface area contributed by atoms with Gasteiger partial charge in [0.05, 0.1) is 23.4 Å². The topological polar surface area (TPSA) is 118 Å². The summed E-state index contributed by atoms with van der Waals surface area (Å²) in [6.07, 6.45) is 3.94. The molecule has 6 heteroatoms. The number of anilines is 1. The number of nitriles is 3. The van der Waals surface area contributed by atoms with Gasteiger partial charge in [0.25, 0.3) is 0 Å². The molecule has 0 unspecified atom stereocenters. The predicted octanol–water partition coefficient (Wildman–Crippen LogP) is 4.27. The number of fused-ring (bicyclic) bond motifs is 4. The Balaban J connectivity index is 1.77. The van der Waals surface area contributed by atoms with Gasteiger partial charge in [0.1, 0.15) is 11.5 Å². The minimum atomic E-state index is -1.99. The summed E-state index contributed by atoms with van der Waals surface area (Å²) in [6.45, 7) is 2.50. The van der Waals surface area contributed by atoms with E-state index < -0.39 is 16.7 Å². The maximum Gasteiger partial charge on any atom is 0.241 e. The molecule has 1 amide bonds. The van der Waals surface area contributed by atoms with Crippen molar-refractivity contribution in [2.75, 3.05) is 11.4 Å². The lowest BCUT2D eigenvalue weighted by molar-refractivity contribution is -0.127. The van der Waals surface area contributed by atoms with Gasteiger partial charge < -0.3 is 10.6 Å². The molecule has 0 saturated heterocycles. The number of rotatable bonds is 3. The van der Waals surface area contributed by atoms with Crippen LogP contribution < -0.4 is 10.6 Å². The normalized spacial score (nSPS) is 26.3. The van der Waals surface area contributed by atoms with E-state index in [4.69, 9.17) is 5.73 Å². The molecular formula is C29H25N5O. The monoisotopic (exact) mass is 459 g/mol. The largest absolute Gasteiger partial charge is 0.399 e. The van der Waals surface area contributed by atoms with E-state index in [1.165, 1.54) is 0 Å². The van der Waals surface area contributed by atoms with Crippen LogP contribution in [0.25, 0.3) is 0 Å². The maximum absolute atomic E-state index is 14.6. The molecule has 2 N–H and O–H groups in total. The zero-order valence-electron chi connectivity index (χ0n) is 19.5. The molecule has 0 saturated carbocycles. The van der Waals surface area contributed by atoms with E-state index in [0.29, 0.717) is 36.2 Å². The molecule has 6 nitrogen and oxygen atoms in total. The minimum Gasteiger partial charge on any atom is -0.399 e. The summed E-state index contributed by atoms with van der Waals surface area (Å²) in [5.74, 6) is -0.557. The molecule has 172 valence electrons. The smallest absolute Gasteiger partial charge is 0.241 e. The number of nitrogens with two attached hydrogens (primary N) is 1. The Morgan fingerprint density at radius 1 is 1.06 bits per heavy atom. The first-order valence-corrected chi connectivity index (χ1v) is 11.8. The van der Waals surface area contributed by atoms with Crippen LogP contribution in [0.15, 0.2) is 77.5 Å². The number of nitrogens with zero attached hydrogens (tertiary/aromatic N) is 4. The van der Waals surface area contributed by atoms with E-state index in [-0.39, 0.29) is 23.1 Å².